The van der Waals surface area contributed by atoms with Crippen molar-refractivity contribution in [2.24, 2.45) is 0 Å². The number of nitrogens with one attached hydrogen (secondary N) is 1. The highest BCUT2D eigenvalue weighted by atomic mass is 32.2. The molecular formula is C12H13N3O4S2. The van der Waals surface area contributed by atoms with Crippen LogP contribution in [0.1, 0.15) is 34.8 Å². The summed E-state index contributed by atoms with van der Waals surface area (Å²) in [4.78, 5) is 18.5. The Morgan fingerprint density at radius 3 is 2.67 bits per heavy atom. The molecule has 0 radical (unpaired) electrons. The Hall–Kier alpha value is -1.84. The second-order valence-corrected chi connectivity index (χ2v) is 6.73. The van der Waals surface area contributed by atoms with E-state index in [1.54, 1.807) is 11.6 Å². The molecule has 1 atom stereocenters. The highest BCUT2D eigenvalue weighted by molar-refractivity contribution is 7.89. The van der Waals surface area contributed by atoms with Crippen LogP contribution < -0.4 is 4.72 Å². The summed E-state index contributed by atoms with van der Waals surface area (Å²) >= 11 is 1.36. The Morgan fingerprint density at radius 1 is 1.43 bits per heavy atom. The number of aromatic carboxylic acids is 1. The number of carboxylic acid groups (broad SMARTS) is 1. The molecule has 1 unspecified atom stereocenters. The smallest absolute Gasteiger partial charge is 0.337 e. The number of carbonyl (C=O) groups is 1. The van der Waals surface area contributed by atoms with E-state index >= 15 is 0 Å². The van der Waals surface area contributed by atoms with Gasteiger partial charge in [-0.25, -0.2) is 23.2 Å². The lowest BCUT2D eigenvalue weighted by Crippen LogP contribution is -2.29. The van der Waals surface area contributed by atoms with Crippen molar-refractivity contribution in [3.05, 3.63) is 40.5 Å². The maximum Gasteiger partial charge on any atom is 0.337 e. The molecule has 7 nitrogen and oxygen atoms in total. The number of carboxylic acids is 1. The Labute approximate surface area is 125 Å². The molecule has 9 heteroatoms. The molecule has 2 N–H and O–H groups in total. The largest absolute Gasteiger partial charge is 0.478 e. The average molecular weight is 327 g/mol. The van der Waals surface area contributed by atoms with Gasteiger partial charge in [-0.3, -0.25) is 0 Å². The lowest BCUT2D eigenvalue weighted by atomic mass is 10.3. The van der Waals surface area contributed by atoms with Gasteiger partial charge in [0.25, 0.3) is 10.0 Å². The lowest BCUT2D eigenvalue weighted by molar-refractivity contribution is 0.0696. The van der Waals surface area contributed by atoms with E-state index in [-0.39, 0.29) is 10.6 Å². The molecule has 0 saturated carbocycles. The van der Waals surface area contributed by atoms with Gasteiger partial charge >= 0.3 is 5.97 Å². The molecule has 0 aliphatic rings. The van der Waals surface area contributed by atoms with E-state index in [1.165, 1.54) is 23.5 Å². The van der Waals surface area contributed by atoms with Crippen LogP contribution >= 0.6 is 11.3 Å². The van der Waals surface area contributed by atoms with Crippen LogP contribution in [-0.2, 0) is 10.0 Å². The van der Waals surface area contributed by atoms with E-state index in [2.05, 4.69) is 14.7 Å². The summed E-state index contributed by atoms with van der Waals surface area (Å²) in [5, 5.41) is 11.0. The third kappa shape index (κ3) is 3.63. The molecule has 0 spiro atoms. The number of hydrogen-bond acceptors (Lipinski definition) is 6. The zero-order chi connectivity index (χ0) is 15.5. The molecule has 2 aromatic heterocycles. The van der Waals surface area contributed by atoms with E-state index in [4.69, 9.17) is 5.11 Å². The van der Waals surface area contributed by atoms with E-state index in [1.807, 2.05) is 6.92 Å². The Balaban J connectivity index is 2.23. The number of nitrogens with zero attached hydrogens (tertiary/aromatic N) is 2. The molecule has 0 bridgehead atoms. The van der Waals surface area contributed by atoms with Gasteiger partial charge in [-0.15, -0.1) is 11.3 Å². The summed E-state index contributed by atoms with van der Waals surface area (Å²) in [6.07, 6.45) is 3.16. The summed E-state index contributed by atoms with van der Waals surface area (Å²) in [6.45, 7) is 1.84. The van der Waals surface area contributed by atoms with Gasteiger partial charge in [0.2, 0.25) is 0 Å². The lowest BCUT2D eigenvalue weighted by Gasteiger charge is -2.14. The number of rotatable bonds is 6. The third-order valence-corrected chi connectivity index (χ3v) is 4.99. The van der Waals surface area contributed by atoms with Crippen LogP contribution in [0, 0.1) is 0 Å². The number of hydrogen-bond donors (Lipinski definition) is 2. The molecule has 0 fully saturated rings. The third-order valence-electron chi connectivity index (χ3n) is 2.71. The van der Waals surface area contributed by atoms with Crippen LogP contribution in [-0.4, -0.2) is 29.5 Å². The van der Waals surface area contributed by atoms with Crippen LogP contribution in [0.4, 0.5) is 0 Å². The van der Waals surface area contributed by atoms with Crippen molar-refractivity contribution in [3.63, 3.8) is 0 Å². The molecule has 0 saturated heterocycles. The standard InChI is InChI=1S/C12H13N3O4S2/c1-2-9(11-13-5-6-20-11)15-21(18,19)10-4-3-8(7-14-10)12(16)17/h3-7,9,15H,2H2,1H3,(H,16,17). The van der Waals surface area contributed by atoms with Crippen LogP contribution in [0.3, 0.4) is 0 Å². The Morgan fingerprint density at radius 2 is 2.19 bits per heavy atom. The maximum absolute atomic E-state index is 12.2. The van der Waals surface area contributed by atoms with Crippen LogP contribution in [0.5, 0.6) is 0 Å². The second kappa shape index (κ2) is 6.29. The normalized spacial score (nSPS) is 13.0. The molecule has 0 aliphatic carbocycles. The van der Waals surface area contributed by atoms with E-state index in [0.717, 1.165) is 6.20 Å². The van der Waals surface area contributed by atoms with Crippen molar-refractivity contribution < 1.29 is 18.3 Å². The number of thiazole rings is 1. The van der Waals surface area contributed by atoms with Crippen molar-refractivity contribution in [1.29, 1.82) is 0 Å². The fourth-order valence-electron chi connectivity index (χ4n) is 1.63. The summed E-state index contributed by atoms with van der Waals surface area (Å²) in [7, 11) is -3.83. The maximum atomic E-state index is 12.2. The van der Waals surface area contributed by atoms with Gasteiger partial charge in [0, 0.05) is 17.8 Å². The average Bonchev–Trinajstić information content (AvgIpc) is 2.99. The summed E-state index contributed by atoms with van der Waals surface area (Å²) in [5.74, 6) is -1.16. The van der Waals surface area contributed by atoms with Gasteiger partial charge in [-0.05, 0) is 18.6 Å². The van der Waals surface area contributed by atoms with Crippen LogP contribution in [0.25, 0.3) is 0 Å². The summed E-state index contributed by atoms with van der Waals surface area (Å²) in [5.41, 5.74) is -0.0686. The molecule has 2 aromatic rings. The van der Waals surface area contributed by atoms with E-state index < -0.39 is 22.0 Å². The summed E-state index contributed by atoms with van der Waals surface area (Å²) in [6, 6.07) is 1.94. The summed E-state index contributed by atoms with van der Waals surface area (Å²) < 4.78 is 27.0. The van der Waals surface area contributed by atoms with E-state index in [0.29, 0.717) is 11.4 Å². The molecule has 0 aliphatic heterocycles. The highest BCUT2D eigenvalue weighted by Crippen LogP contribution is 2.21. The predicted octanol–water partition coefficient (Wildman–Crippen LogP) is 1.67. The van der Waals surface area contributed by atoms with Gasteiger partial charge in [-0.1, -0.05) is 6.92 Å². The monoisotopic (exact) mass is 327 g/mol. The fraction of sp³-hybridized carbons (Fsp3) is 0.250. The molecule has 2 rings (SSSR count). The van der Waals surface area contributed by atoms with Gasteiger partial charge in [0.15, 0.2) is 5.03 Å². The highest BCUT2D eigenvalue weighted by Gasteiger charge is 2.23. The minimum Gasteiger partial charge on any atom is -0.478 e. The Kier molecular flexibility index (Phi) is 4.66. The molecule has 0 amide bonds. The van der Waals surface area contributed by atoms with Crippen molar-refractivity contribution >= 4 is 27.3 Å². The van der Waals surface area contributed by atoms with Crippen LogP contribution in [0.2, 0.25) is 0 Å². The zero-order valence-electron chi connectivity index (χ0n) is 11.1. The minimum atomic E-state index is -3.83. The SMILES string of the molecule is CCC(NS(=O)(=O)c1ccc(C(=O)O)cn1)c1nccs1. The van der Waals surface area contributed by atoms with Gasteiger partial charge in [-0.2, -0.15) is 4.72 Å². The number of aromatic nitrogens is 2. The first-order valence-electron chi connectivity index (χ1n) is 6.05. The number of sulfonamides is 1. The van der Waals surface area contributed by atoms with Gasteiger partial charge < -0.3 is 5.11 Å². The predicted molar refractivity (Wildman–Crippen MR) is 76.7 cm³/mol. The van der Waals surface area contributed by atoms with Crippen LogP contribution in [0.15, 0.2) is 34.9 Å². The second-order valence-electron chi connectivity index (χ2n) is 4.14. The van der Waals surface area contributed by atoms with Gasteiger partial charge in [0.05, 0.1) is 11.6 Å². The Bertz CT molecular complexity index is 711. The van der Waals surface area contributed by atoms with Crippen molar-refractivity contribution in [3.8, 4) is 0 Å². The first kappa shape index (κ1) is 15.5. The van der Waals surface area contributed by atoms with Crippen molar-refractivity contribution in [1.82, 2.24) is 14.7 Å². The molecule has 112 valence electrons. The topological polar surface area (TPSA) is 109 Å². The molecule has 0 aromatic carbocycles. The first-order valence-corrected chi connectivity index (χ1v) is 8.41. The van der Waals surface area contributed by atoms with E-state index in [9.17, 15) is 13.2 Å². The van der Waals surface area contributed by atoms with Crippen molar-refractivity contribution in [2.45, 2.75) is 24.4 Å². The minimum absolute atomic E-state index is 0.0686. The molecular weight excluding hydrogens is 314 g/mol. The van der Waals surface area contributed by atoms with Crippen molar-refractivity contribution in [2.75, 3.05) is 0 Å². The molecule has 2 heterocycles. The quantitative estimate of drug-likeness (QED) is 0.835. The molecule has 21 heavy (non-hydrogen) atoms. The fourth-order valence-corrected chi connectivity index (χ4v) is 3.69. The van der Waals surface area contributed by atoms with Gasteiger partial charge in [0.1, 0.15) is 5.01 Å². The number of pyridine rings is 1. The zero-order valence-corrected chi connectivity index (χ0v) is 12.7. The first-order chi connectivity index (χ1) is 9.94.